The van der Waals surface area contributed by atoms with Crippen molar-refractivity contribution < 1.29 is 0 Å². The lowest BCUT2D eigenvalue weighted by Gasteiger charge is -2.29. The van der Waals surface area contributed by atoms with Crippen molar-refractivity contribution in [1.29, 1.82) is 0 Å². The first-order valence-corrected chi connectivity index (χ1v) is 7.34. The van der Waals surface area contributed by atoms with Gasteiger partial charge in [0.1, 0.15) is 0 Å². The number of hydrogen-bond donors (Lipinski definition) is 1. The van der Waals surface area contributed by atoms with E-state index in [1.54, 1.807) is 0 Å². The molecule has 2 atom stereocenters. The summed E-state index contributed by atoms with van der Waals surface area (Å²) in [5.41, 5.74) is 10.3. The van der Waals surface area contributed by atoms with Gasteiger partial charge in [-0.15, -0.1) is 0 Å². The van der Waals surface area contributed by atoms with Crippen LogP contribution in [-0.4, -0.2) is 24.5 Å². The summed E-state index contributed by atoms with van der Waals surface area (Å²) in [5, 5.41) is 0. The smallest absolute Gasteiger partial charge is 0.0426 e. The largest absolute Gasteiger partial charge is 0.323 e. The standard InChI is InChI=1S/C17H30N2/c1-12(2)9-15(5)19(6)11-17(18)16-8-7-13(3)10-14(16)4/h7-8,10,12,15,17H,9,11,18H2,1-6H3. The number of nitrogens with two attached hydrogens (primary N) is 1. The van der Waals surface area contributed by atoms with Crippen LogP contribution in [0.1, 0.15) is 49.9 Å². The lowest BCUT2D eigenvalue weighted by Crippen LogP contribution is -2.36. The van der Waals surface area contributed by atoms with Crippen LogP contribution < -0.4 is 5.73 Å². The molecule has 108 valence electrons. The molecule has 0 spiro atoms. The molecular weight excluding hydrogens is 232 g/mol. The number of rotatable bonds is 6. The van der Waals surface area contributed by atoms with Crippen LogP contribution >= 0.6 is 0 Å². The molecule has 0 aliphatic carbocycles. The first-order valence-electron chi connectivity index (χ1n) is 7.34. The highest BCUT2D eigenvalue weighted by Crippen LogP contribution is 2.19. The van der Waals surface area contributed by atoms with E-state index in [0.717, 1.165) is 12.5 Å². The summed E-state index contributed by atoms with van der Waals surface area (Å²) in [4.78, 5) is 2.38. The van der Waals surface area contributed by atoms with E-state index in [-0.39, 0.29) is 6.04 Å². The van der Waals surface area contributed by atoms with Gasteiger partial charge in [0, 0.05) is 18.6 Å². The Balaban J connectivity index is 2.65. The van der Waals surface area contributed by atoms with Crippen LogP contribution in [-0.2, 0) is 0 Å². The molecule has 0 saturated carbocycles. The molecule has 0 bridgehead atoms. The minimum atomic E-state index is 0.0974. The van der Waals surface area contributed by atoms with Gasteiger partial charge in [0.2, 0.25) is 0 Å². The highest BCUT2D eigenvalue weighted by atomic mass is 15.1. The second kappa shape index (κ2) is 7.06. The van der Waals surface area contributed by atoms with Gasteiger partial charge >= 0.3 is 0 Å². The Morgan fingerprint density at radius 1 is 1.16 bits per heavy atom. The SMILES string of the molecule is Cc1ccc(C(N)CN(C)C(C)CC(C)C)c(C)c1. The molecule has 1 rings (SSSR count). The average Bonchev–Trinajstić information content (AvgIpc) is 2.27. The van der Waals surface area contributed by atoms with Crippen molar-refractivity contribution in [2.75, 3.05) is 13.6 Å². The second-order valence-corrected chi connectivity index (χ2v) is 6.38. The fourth-order valence-electron chi connectivity index (χ4n) is 2.69. The molecule has 2 heteroatoms. The molecule has 0 aromatic heterocycles. The Morgan fingerprint density at radius 2 is 1.79 bits per heavy atom. The summed E-state index contributed by atoms with van der Waals surface area (Å²) in [6.07, 6.45) is 1.22. The Labute approximate surface area is 119 Å². The van der Waals surface area contributed by atoms with Crippen molar-refractivity contribution in [3.8, 4) is 0 Å². The lowest BCUT2D eigenvalue weighted by molar-refractivity contribution is 0.216. The Hall–Kier alpha value is -0.860. The third-order valence-corrected chi connectivity index (χ3v) is 3.87. The molecule has 0 fully saturated rings. The van der Waals surface area contributed by atoms with Gasteiger partial charge in [-0.3, -0.25) is 0 Å². The molecule has 0 amide bonds. The monoisotopic (exact) mass is 262 g/mol. The van der Waals surface area contributed by atoms with Gasteiger partial charge in [-0.25, -0.2) is 0 Å². The van der Waals surface area contributed by atoms with Crippen molar-refractivity contribution in [2.24, 2.45) is 11.7 Å². The fraction of sp³-hybridized carbons (Fsp3) is 0.647. The normalized spacial score (nSPS) is 15.0. The van der Waals surface area contributed by atoms with Gasteiger partial charge in [-0.2, -0.15) is 0 Å². The second-order valence-electron chi connectivity index (χ2n) is 6.38. The molecule has 2 N–H and O–H groups in total. The van der Waals surface area contributed by atoms with E-state index in [9.17, 15) is 0 Å². The van der Waals surface area contributed by atoms with Crippen LogP contribution in [0.5, 0.6) is 0 Å². The van der Waals surface area contributed by atoms with Crippen molar-refractivity contribution in [1.82, 2.24) is 4.90 Å². The first kappa shape index (κ1) is 16.2. The maximum Gasteiger partial charge on any atom is 0.0426 e. The summed E-state index contributed by atoms with van der Waals surface area (Å²) in [6, 6.07) is 7.22. The van der Waals surface area contributed by atoms with Crippen LogP contribution in [0.4, 0.5) is 0 Å². The third-order valence-electron chi connectivity index (χ3n) is 3.87. The van der Waals surface area contributed by atoms with E-state index in [0.29, 0.717) is 6.04 Å². The lowest BCUT2D eigenvalue weighted by atomic mass is 9.98. The Bertz CT molecular complexity index is 398. The third kappa shape index (κ3) is 4.96. The minimum absolute atomic E-state index is 0.0974. The Morgan fingerprint density at radius 3 is 2.32 bits per heavy atom. The zero-order chi connectivity index (χ0) is 14.6. The molecule has 0 saturated heterocycles. The van der Waals surface area contributed by atoms with Crippen molar-refractivity contribution >= 4 is 0 Å². The average molecular weight is 262 g/mol. The molecule has 2 nitrogen and oxygen atoms in total. The summed E-state index contributed by atoms with van der Waals surface area (Å²) < 4.78 is 0. The van der Waals surface area contributed by atoms with Gasteiger partial charge in [-0.05, 0) is 51.3 Å². The molecule has 0 radical (unpaired) electrons. The Kier molecular flexibility index (Phi) is 6.02. The van der Waals surface area contributed by atoms with Crippen LogP contribution in [0.2, 0.25) is 0 Å². The van der Waals surface area contributed by atoms with Crippen molar-refractivity contribution in [3.05, 3.63) is 34.9 Å². The number of hydrogen-bond acceptors (Lipinski definition) is 2. The molecule has 2 unspecified atom stereocenters. The molecule has 19 heavy (non-hydrogen) atoms. The number of likely N-dealkylation sites (N-methyl/N-ethyl adjacent to an activating group) is 1. The summed E-state index contributed by atoms with van der Waals surface area (Å²) in [6.45, 7) is 12.0. The molecule has 1 aromatic rings. The summed E-state index contributed by atoms with van der Waals surface area (Å²) in [5.74, 6) is 0.731. The number of benzene rings is 1. The van der Waals surface area contributed by atoms with Crippen molar-refractivity contribution in [2.45, 2.75) is 53.1 Å². The van der Waals surface area contributed by atoms with E-state index in [4.69, 9.17) is 5.73 Å². The summed E-state index contributed by atoms with van der Waals surface area (Å²) in [7, 11) is 2.18. The molecule has 0 aliphatic heterocycles. The van der Waals surface area contributed by atoms with Gasteiger partial charge in [0.25, 0.3) is 0 Å². The van der Waals surface area contributed by atoms with Crippen LogP contribution in [0.25, 0.3) is 0 Å². The molecule has 0 aliphatic rings. The molecule has 1 aromatic carbocycles. The predicted molar refractivity (Wildman–Crippen MR) is 84.4 cm³/mol. The minimum Gasteiger partial charge on any atom is -0.323 e. The van der Waals surface area contributed by atoms with Crippen LogP contribution in [0.3, 0.4) is 0 Å². The van der Waals surface area contributed by atoms with E-state index >= 15 is 0 Å². The number of nitrogens with zero attached hydrogens (tertiary/aromatic N) is 1. The maximum absolute atomic E-state index is 6.37. The van der Waals surface area contributed by atoms with Crippen LogP contribution in [0.15, 0.2) is 18.2 Å². The maximum atomic E-state index is 6.37. The van der Waals surface area contributed by atoms with Gasteiger partial charge < -0.3 is 10.6 Å². The zero-order valence-corrected chi connectivity index (χ0v) is 13.4. The van der Waals surface area contributed by atoms with Gasteiger partial charge in [-0.1, -0.05) is 37.6 Å². The van der Waals surface area contributed by atoms with E-state index in [1.165, 1.54) is 23.1 Å². The fourth-order valence-corrected chi connectivity index (χ4v) is 2.69. The van der Waals surface area contributed by atoms with E-state index in [1.807, 2.05) is 0 Å². The van der Waals surface area contributed by atoms with E-state index in [2.05, 4.69) is 64.8 Å². The first-order chi connectivity index (χ1) is 8.81. The van der Waals surface area contributed by atoms with Crippen molar-refractivity contribution in [3.63, 3.8) is 0 Å². The van der Waals surface area contributed by atoms with Gasteiger partial charge in [0.15, 0.2) is 0 Å². The quantitative estimate of drug-likeness (QED) is 0.847. The van der Waals surface area contributed by atoms with E-state index < -0.39 is 0 Å². The summed E-state index contributed by atoms with van der Waals surface area (Å²) >= 11 is 0. The van der Waals surface area contributed by atoms with Crippen LogP contribution in [0, 0.1) is 19.8 Å². The highest BCUT2D eigenvalue weighted by molar-refractivity contribution is 5.32. The topological polar surface area (TPSA) is 29.3 Å². The number of aryl methyl sites for hydroxylation is 2. The predicted octanol–water partition coefficient (Wildman–Crippen LogP) is 3.67. The molecular formula is C17H30N2. The molecule has 0 heterocycles. The highest BCUT2D eigenvalue weighted by Gasteiger charge is 2.16. The van der Waals surface area contributed by atoms with Gasteiger partial charge in [0.05, 0.1) is 0 Å². The zero-order valence-electron chi connectivity index (χ0n) is 13.4.